The fraction of sp³-hybridized carbons (Fsp3) is 0.375. The largest absolute Gasteiger partial charge is 0.394 e. The third-order valence-electron chi connectivity index (χ3n) is 3.18. The van der Waals surface area contributed by atoms with E-state index in [1.54, 1.807) is 4.68 Å². The van der Waals surface area contributed by atoms with Crippen molar-refractivity contribution in [2.24, 2.45) is 0 Å². The van der Waals surface area contributed by atoms with E-state index in [0.717, 1.165) is 24.1 Å². The van der Waals surface area contributed by atoms with E-state index in [4.69, 9.17) is 5.11 Å². The van der Waals surface area contributed by atoms with Crippen LogP contribution in [0.3, 0.4) is 0 Å². The second-order valence-corrected chi connectivity index (χ2v) is 4.99. The highest BCUT2D eigenvalue weighted by Gasteiger charge is 2.10. The van der Waals surface area contributed by atoms with E-state index in [1.165, 1.54) is 12.5 Å². The molecule has 0 saturated carbocycles. The molecule has 0 spiro atoms. The molecule has 2 rings (SSSR count). The Kier molecular flexibility index (Phi) is 5.11. The number of nitrogens with one attached hydrogen (secondary N) is 1. The molecule has 0 unspecified atom stereocenters. The maximum atomic E-state index is 11.2. The van der Waals surface area contributed by atoms with Gasteiger partial charge in [-0.3, -0.25) is 4.79 Å². The lowest BCUT2D eigenvalue weighted by molar-refractivity contribution is -0.114. The van der Waals surface area contributed by atoms with E-state index in [0.29, 0.717) is 12.4 Å². The molecule has 0 atom stereocenters. The van der Waals surface area contributed by atoms with Gasteiger partial charge in [0.1, 0.15) is 5.82 Å². The van der Waals surface area contributed by atoms with Gasteiger partial charge < -0.3 is 10.4 Å². The number of benzene rings is 1. The lowest BCUT2D eigenvalue weighted by Gasteiger charge is -2.04. The van der Waals surface area contributed by atoms with E-state index in [-0.39, 0.29) is 12.5 Å². The maximum Gasteiger partial charge on any atom is 0.222 e. The van der Waals surface area contributed by atoms with Gasteiger partial charge in [-0.25, -0.2) is 4.68 Å². The van der Waals surface area contributed by atoms with Crippen molar-refractivity contribution in [3.05, 3.63) is 35.9 Å². The predicted octanol–water partition coefficient (Wildman–Crippen LogP) is 2.45. The Labute approximate surface area is 124 Å². The monoisotopic (exact) mass is 287 g/mol. The quantitative estimate of drug-likeness (QED) is 0.857. The molecule has 0 radical (unpaired) electrons. The molecule has 1 heterocycles. The van der Waals surface area contributed by atoms with Crippen LogP contribution in [0.4, 0.5) is 5.82 Å². The number of rotatable bonds is 6. The van der Waals surface area contributed by atoms with Crippen molar-refractivity contribution in [2.75, 3.05) is 11.9 Å². The Morgan fingerprint density at radius 2 is 2.05 bits per heavy atom. The van der Waals surface area contributed by atoms with E-state index in [2.05, 4.69) is 29.5 Å². The summed E-state index contributed by atoms with van der Waals surface area (Å²) in [6.07, 6.45) is 2.19. The third kappa shape index (κ3) is 3.92. The minimum Gasteiger partial charge on any atom is -0.394 e. The van der Waals surface area contributed by atoms with Crippen LogP contribution in [0.1, 0.15) is 25.8 Å². The number of aromatic nitrogens is 2. The van der Waals surface area contributed by atoms with Crippen LogP contribution in [0.15, 0.2) is 30.3 Å². The first-order valence-corrected chi connectivity index (χ1v) is 7.19. The van der Waals surface area contributed by atoms with Crippen molar-refractivity contribution in [1.82, 2.24) is 9.78 Å². The van der Waals surface area contributed by atoms with Gasteiger partial charge in [0, 0.05) is 18.6 Å². The van der Waals surface area contributed by atoms with Gasteiger partial charge in [-0.15, -0.1) is 0 Å². The first-order valence-electron chi connectivity index (χ1n) is 7.19. The second kappa shape index (κ2) is 7.04. The van der Waals surface area contributed by atoms with Crippen molar-refractivity contribution in [1.29, 1.82) is 0 Å². The Hall–Kier alpha value is -2.14. The van der Waals surface area contributed by atoms with Gasteiger partial charge in [0.25, 0.3) is 0 Å². The van der Waals surface area contributed by atoms with Gasteiger partial charge in [0.15, 0.2) is 0 Å². The summed E-state index contributed by atoms with van der Waals surface area (Å²) in [4.78, 5) is 11.2. The normalized spacial score (nSPS) is 10.6. The standard InChI is InChI=1S/C16H21N3O2/c1-3-4-13-5-7-14(8-6-13)15-11-16(17-12(2)21)19(18-15)9-10-20/h5-8,11,20H,3-4,9-10H2,1-2H3,(H,17,21). The molecule has 1 aromatic carbocycles. The van der Waals surface area contributed by atoms with Crippen molar-refractivity contribution in [2.45, 2.75) is 33.2 Å². The van der Waals surface area contributed by atoms with Gasteiger partial charge in [0.2, 0.25) is 5.91 Å². The zero-order valence-electron chi connectivity index (χ0n) is 12.5. The van der Waals surface area contributed by atoms with Crippen molar-refractivity contribution in [3.8, 4) is 11.3 Å². The van der Waals surface area contributed by atoms with Crippen LogP contribution < -0.4 is 5.32 Å². The molecule has 1 aromatic heterocycles. The molecule has 21 heavy (non-hydrogen) atoms. The lowest BCUT2D eigenvalue weighted by Crippen LogP contribution is -2.13. The minimum absolute atomic E-state index is 0.0247. The molecule has 112 valence electrons. The predicted molar refractivity (Wildman–Crippen MR) is 83.0 cm³/mol. The Bertz CT molecular complexity index is 602. The number of aryl methyl sites for hydroxylation is 1. The molecule has 0 aliphatic heterocycles. The van der Waals surface area contributed by atoms with Gasteiger partial charge in [0.05, 0.1) is 18.8 Å². The van der Waals surface area contributed by atoms with Crippen LogP contribution in [0, 0.1) is 0 Å². The summed E-state index contributed by atoms with van der Waals surface area (Å²) in [6, 6.07) is 10.1. The fourth-order valence-electron chi connectivity index (χ4n) is 2.23. The summed E-state index contributed by atoms with van der Waals surface area (Å²) in [5.74, 6) is 0.447. The molecule has 0 bridgehead atoms. The highest BCUT2D eigenvalue weighted by Crippen LogP contribution is 2.22. The number of nitrogens with zero attached hydrogens (tertiary/aromatic N) is 2. The number of anilines is 1. The number of carbonyl (C=O) groups is 1. The van der Waals surface area contributed by atoms with Gasteiger partial charge in [-0.2, -0.15) is 5.10 Å². The average molecular weight is 287 g/mol. The zero-order valence-corrected chi connectivity index (χ0v) is 12.5. The molecule has 5 heteroatoms. The number of hydrogen-bond donors (Lipinski definition) is 2. The average Bonchev–Trinajstić information content (AvgIpc) is 2.83. The van der Waals surface area contributed by atoms with Crippen LogP contribution in [0.5, 0.6) is 0 Å². The molecule has 0 fully saturated rings. The second-order valence-electron chi connectivity index (χ2n) is 4.99. The van der Waals surface area contributed by atoms with Crippen LogP contribution >= 0.6 is 0 Å². The van der Waals surface area contributed by atoms with Gasteiger partial charge >= 0.3 is 0 Å². The Balaban J connectivity index is 2.28. The highest BCUT2D eigenvalue weighted by atomic mass is 16.3. The van der Waals surface area contributed by atoms with Gasteiger partial charge in [-0.1, -0.05) is 37.6 Å². The number of amides is 1. The maximum absolute atomic E-state index is 11.2. The van der Waals surface area contributed by atoms with E-state index < -0.39 is 0 Å². The molecular weight excluding hydrogens is 266 g/mol. The molecular formula is C16H21N3O2. The highest BCUT2D eigenvalue weighted by molar-refractivity contribution is 5.88. The van der Waals surface area contributed by atoms with Crippen LogP contribution in [-0.4, -0.2) is 27.4 Å². The summed E-state index contributed by atoms with van der Waals surface area (Å²) in [5, 5.41) is 16.3. The van der Waals surface area contributed by atoms with Crippen LogP contribution in [0.2, 0.25) is 0 Å². The van der Waals surface area contributed by atoms with Crippen LogP contribution in [-0.2, 0) is 17.8 Å². The molecule has 2 aromatic rings. The smallest absolute Gasteiger partial charge is 0.222 e. The summed E-state index contributed by atoms with van der Waals surface area (Å²) in [6.45, 7) is 3.94. The van der Waals surface area contributed by atoms with Crippen molar-refractivity contribution in [3.63, 3.8) is 0 Å². The minimum atomic E-state index is -0.154. The molecule has 0 aliphatic rings. The topological polar surface area (TPSA) is 67.2 Å². The summed E-state index contributed by atoms with van der Waals surface area (Å²) >= 11 is 0. The van der Waals surface area contributed by atoms with Crippen molar-refractivity contribution >= 4 is 11.7 Å². The fourth-order valence-corrected chi connectivity index (χ4v) is 2.23. The van der Waals surface area contributed by atoms with E-state index in [1.807, 2.05) is 18.2 Å². The van der Waals surface area contributed by atoms with Gasteiger partial charge in [-0.05, 0) is 12.0 Å². The molecule has 2 N–H and O–H groups in total. The number of aliphatic hydroxyl groups is 1. The summed E-state index contributed by atoms with van der Waals surface area (Å²) < 4.78 is 1.61. The SMILES string of the molecule is CCCc1ccc(-c2cc(NC(C)=O)n(CCO)n2)cc1. The molecule has 0 saturated heterocycles. The van der Waals surface area contributed by atoms with Crippen LogP contribution in [0.25, 0.3) is 11.3 Å². The van der Waals surface area contributed by atoms with E-state index in [9.17, 15) is 4.79 Å². The first kappa shape index (κ1) is 15.3. The van der Waals surface area contributed by atoms with E-state index >= 15 is 0 Å². The first-order chi connectivity index (χ1) is 10.1. The Morgan fingerprint density at radius 3 is 2.62 bits per heavy atom. The summed E-state index contributed by atoms with van der Waals surface area (Å²) in [5.41, 5.74) is 3.09. The molecule has 0 aliphatic carbocycles. The number of hydrogen-bond acceptors (Lipinski definition) is 3. The lowest BCUT2D eigenvalue weighted by atomic mass is 10.1. The zero-order chi connectivity index (χ0) is 15.2. The number of aliphatic hydroxyl groups excluding tert-OH is 1. The molecule has 5 nitrogen and oxygen atoms in total. The number of carbonyl (C=O) groups excluding carboxylic acids is 1. The molecule has 1 amide bonds. The third-order valence-corrected chi connectivity index (χ3v) is 3.18. The summed E-state index contributed by atoms with van der Waals surface area (Å²) in [7, 11) is 0. The Morgan fingerprint density at radius 1 is 1.33 bits per heavy atom. The van der Waals surface area contributed by atoms with Crippen molar-refractivity contribution < 1.29 is 9.90 Å².